The second kappa shape index (κ2) is 7.14. The average Bonchev–Trinajstić information content (AvgIpc) is 3.06. The second-order valence-corrected chi connectivity index (χ2v) is 7.44. The van der Waals surface area contributed by atoms with Gasteiger partial charge in [0, 0.05) is 25.2 Å². The van der Waals surface area contributed by atoms with E-state index >= 15 is 0 Å². The molecule has 4 nitrogen and oxygen atoms in total. The summed E-state index contributed by atoms with van der Waals surface area (Å²) < 4.78 is 13.6. The van der Waals surface area contributed by atoms with Crippen LogP contribution in [0.5, 0.6) is 0 Å². The van der Waals surface area contributed by atoms with Crippen LogP contribution < -0.4 is 10.2 Å². The topological polar surface area (TPSA) is 49.4 Å². The zero-order chi connectivity index (χ0) is 18.9. The molecule has 0 radical (unpaired) electrons. The Morgan fingerprint density at radius 1 is 1.11 bits per heavy atom. The van der Waals surface area contributed by atoms with Crippen LogP contribution >= 0.6 is 0 Å². The van der Waals surface area contributed by atoms with E-state index in [-0.39, 0.29) is 17.6 Å². The highest BCUT2D eigenvalue weighted by molar-refractivity contribution is 5.95. The predicted molar refractivity (Wildman–Crippen MR) is 102 cm³/mol. The van der Waals surface area contributed by atoms with E-state index in [1.54, 1.807) is 11.0 Å². The molecule has 5 heteroatoms. The molecule has 0 unspecified atom stereocenters. The van der Waals surface area contributed by atoms with Crippen molar-refractivity contribution >= 4 is 17.5 Å². The maximum atomic E-state index is 13.6. The van der Waals surface area contributed by atoms with Crippen molar-refractivity contribution in [3.8, 4) is 0 Å². The molecule has 1 saturated carbocycles. The molecule has 0 atom stereocenters. The molecule has 27 heavy (non-hydrogen) atoms. The van der Waals surface area contributed by atoms with Crippen molar-refractivity contribution in [2.24, 2.45) is 0 Å². The van der Waals surface area contributed by atoms with E-state index in [1.807, 2.05) is 30.3 Å². The van der Waals surface area contributed by atoms with Crippen LogP contribution in [0.3, 0.4) is 0 Å². The summed E-state index contributed by atoms with van der Waals surface area (Å²) in [4.78, 5) is 26.5. The standard InChI is InChI=1S/C22H23FN2O2/c23-18-5-1-4-17(14-18)22(11-3-12-22)21(27)24-15-16-7-9-19(10-8-16)25-13-2-6-20(25)26/h1,4-5,7-10,14H,2-3,6,11-13,15H2,(H,24,27). The van der Waals surface area contributed by atoms with Gasteiger partial charge in [-0.25, -0.2) is 4.39 Å². The number of carbonyl (C=O) groups excluding carboxylic acids is 2. The van der Waals surface area contributed by atoms with E-state index in [0.717, 1.165) is 49.0 Å². The van der Waals surface area contributed by atoms with Crippen molar-refractivity contribution < 1.29 is 14.0 Å². The summed E-state index contributed by atoms with van der Waals surface area (Å²) in [6.07, 6.45) is 3.98. The predicted octanol–water partition coefficient (Wildman–Crippen LogP) is 3.69. The lowest BCUT2D eigenvalue weighted by molar-refractivity contribution is -0.130. The van der Waals surface area contributed by atoms with E-state index in [9.17, 15) is 14.0 Å². The average molecular weight is 366 g/mol. The highest BCUT2D eigenvalue weighted by Gasteiger charge is 2.45. The lowest BCUT2D eigenvalue weighted by atomic mass is 9.64. The maximum absolute atomic E-state index is 13.6. The molecular weight excluding hydrogens is 343 g/mol. The Bertz CT molecular complexity index is 859. The van der Waals surface area contributed by atoms with Crippen LogP contribution in [0.15, 0.2) is 48.5 Å². The molecule has 2 amide bonds. The minimum absolute atomic E-state index is 0.0434. The molecule has 2 aromatic rings. The number of halogens is 1. The molecule has 4 rings (SSSR count). The van der Waals surface area contributed by atoms with Gasteiger partial charge in [-0.2, -0.15) is 0 Å². The summed E-state index contributed by atoms with van der Waals surface area (Å²) in [6.45, 7) is 1.19. The van der Waals surface area contributed by atoms with Gasteiger partial charge < -0.3 is 10.2 Å². The molecule has 0 bridgehead atoms. The van der Waals surface area contributed by atoms with Gasteiger partial charge in [0.25, 0.3) is 0 Å². The number of nitrogens with zero attached hydrogens (tertiary/aromatic N) is 1. The summed E-state index contributed by atoms with van der Waals surface area (Å²) in [5, 5.41) is 3.02. The van der Waals surface area contributed by atoms with E-state index in [0.29, 0.717) is 13.0 Å². The van der Waals surface area contributed by atoms with Crippen LogP contribution in [0.1, 0.15) is 43.2 Å². The summed E-state index contributed by atoms with van der Waals surface area (Å²) in [5.74, 6) is -0.185. The van der Waals surface area contributed by atoms with Crippen molar-refractivity contribution in [3.63, 3.8) is 0 Å². The zero-order valence-corrected chi connectivity index (χ0v) is 15.2. The first-order valence-corrected chi connectivity index (χ1v) is 9.52. The van der Waals surface area contributed by atoms with Crippen LogP contribution in [-0.4, -0.2) is 18.4 Å². The number of amides is 2. The van der Waals surface area contributed by atoms with Crippen molar-refractivity contribution in [3.05, 3.63) is 65.5 Å². The maximum Gasteiger partial charge on any atom is 0.230 e. The van der Waals surface area contributed by atoms with E-state index in [2.05, 4.69) is 5.32 Å². The first-order valence-electron chi connectivity index (χ1n) is 9.52. The molecule has 140 valence electrons. The molecule has 1 aliphatic heterocycles. The summed E-state index contributed by atoms with van der Waals surface area (Å²) in [5.41, 5.74) is 2.04. The highest BCUT2D eigenvalue weighted by Crippen LogP contribution is 2.44. The smallest absolute Gasteiger partial charge is 0.230 e. The van der Waals surface area contributed by atoms with Crippen LogP contribution in [0.25, 0.3) is 0 Å². The van der Waals surface area contributed by atoms with Crippen LogP contribution in [0, 0.1) is 5.82 Å². The number of nitrogens with one attached hydrogen (secondary N) is 1. The Balaban J connectivity index is 1.42. The second-order valence-electron chi connectivity index (χ2n) is 7.44. The largest absolute Gasteiger partial charge is 0.351 e. The van der Waals surface area contributed by atoms with Crippen LogP contribution in [-0.2, 0) is 21.5 Å². The Kier molecular flexibility index (Phi) is 4.68. The monoisotopic (exact) mass is 366 g/mol. The zero-order valence-electron chi connectivity index (χ0n) is 15.2. The fourth-order valence-corrected chi connectivity index (χ4v) is 4.03. The third-order valence-electron chi connectivity index (χ3n) is 5.79. The molecule has 1 aliphatic carbocycles. The number of anilines is 1. The van der Waals surface area contributed by atoms with Gasteiger partial charge in [0.2, 0.25) is 11.8 Å². The fraction of sp³-hybridized carbons (Fsp3) is 0.364. The first-order chi connectivity index (χ1) is 13.1. The van der Waals surface area contributed by atoms with Gasteiger partial charge in [-0.1, -0.05) is 30.7 Å². The Morgan fingerprint density at radius 3 is 2.48 bits per heavy atom. The minimum Gasteiger partial charge on any atom is -0.351 e. The number of benzene rings is 2. The van der Waals surface area contributed by atoms with Gasteiger partial charge in [-0.05, 0) is 54.7 Å². The molecule has 1 saturated heterocycles. The molecule has 2 aliphatic rings. The van der Waals surface area contributed by atoms with Gasteiger partial charge in [0.05, 0.1) is 5.41 Å². The lowest BCUT2D eigenvalue weighted by Gasteiger charge is -2.40. The molecule has 0 aromatic heterocycles. The number of hydrogen-bond donors (Lipinski definition) is 1. The van der Waals surface area contributed by atoms with Crippen molar-refractivity contribution in [1.82, 2.24) is 5.32 Å². The van der Waals surface area contributed by atoms with Gasteiger partial charge in [-0.3, -0.25) is 9.59 Å². The van der Waals surface area contributed by atoms with Gasteiger partial charge in [-0.15, -0.1) is 0 Å². The van der Waals surface area contributed by atoms with Gasteiger partial charge in [0.15, 0.2) is 0 Å². The van der Waals surface area contributed by atoms with Crippen molar-refractivity contribution in [1.29, 1.82) is 0 Å². The number of carbonyl (C=O) groups is 2. The fourth-order valence-electron chi connectivity index (χ4n) is 4.03. The molecular formula is C22H23FN2O2. The van der Waals surface area contributed by atoms with Gasteiger partial charge >= 0.3 is 0 Å². The SMILES string of the molecule is O=C1CCCN1c1ccc(CNC(=O)C2(c3cccc(F)c3)CCC2)cc1. The van der Waals surface area contributed by atoms with E-state index < -0.39 is 5.41 Å². The number of hydrogen-bond acceptors (Lipinski definition) is 2. The molecule has 0 spiro atoms. The normalized spacial score (nSPS) is 18.3. The van der Waals surface area contributed by atoms with Gasteiger partial charge in [0.1, 0.15) is 5.82 Å². The summed E-state index contributed by atoms with van der Waals surface area (Å²) in [7, 11) is 0. The lowest BCUT2D eigenvalue weighted by Crippen LogP contribution is -2.49. The number of rotatable bonds is 5. The van der Waals surface area contributed by atoms with Crippen LogP contribution in [0.2, 0.25) is 0 Å². The van der Waals surface area contributed by atoms with Crippen molar-refractivity contribution in [2.45, 2.75) is 44.1 Å². The van der Waals surface area contributed by atoms with E-state index in [4.69, 9.17) is 0 Å². The first kappa shape index (κ1) is 17.7. The Morgan fingerprint density at radius 2 is 1.89 bits per heavy atom. The summed E-state index contributed by atoms with van der Waals surface area (Å²) in [6, 6.07) is 14.1. The van der Waals surface area contributed by atoms with Crippen LogP contribution in [0.4, 0.5) is 10.1 Å². The quantitative estimate of drug-likeness (QED) is 0.877. The van der Waals surface area contributed by atoms with E-state index in [1.165, 1.54) is 12.1 Å². The Hall–Kier alpha value is -2.69. The Labute approximate surface area is 158 Å². The molecule has 1 heterocycles. The van der Waals surface area contributed by atoms with Crippen molar-refractivity contribution in [2.75, 3.05) is 11.4 Å². The highest BCUT2D eigenvalue weighted by atomic mass is 19.1. The third kappa shape index (κ3) is 3.34. The molecule has 1 N–H and O–H groups in total. The molecule has 2 aromatic carbocycles. The third-order valence-corrected chi connectivity index (χ3v) is 5.79. The minimum atomic E-state index is -0.607. The molecule has 2 fully saturated rings. The summed E-state index contributed by atoms with van der Waals surface area (Å²) >= 11 is 0.